The minimum Gasteiger partial charge on any atom is -0.444 e. The molecule has 7 nitrogen and oxygen atoms in total. The molecule has 3 atom stereocenters. The molecule has 8 heteroatoms. The number of thioether (sulfide) groups is 1. The zero-order valence-electron chi connectivity index (χ0n) is 25.0. The van der Waals surface area contributed by atoms with Crippen molar-refractivity contribution in [3.05, 3.63) is 35.4 Å². The van der Waals surface area contributed by atoms with Crippen LogP contribution in [0.15, 0.2) is 24.3 Å². The molecule has 3 amide bonds. The van der Waals surface area contributed by atoms with Gasteiger partial charge in [-0.3, -0.25) is 9.59 Å². The summed E-state index contributed by atoms with van der Waals surface area (Å²) in [7, 11) is 0. The molecule has 2 N–H and O–H groups in total. The van der Waals surface area contributed by atoms with E-state index in [1.807, 2.05) is 25.3 Å². The lowest BCUT2D eigenvalue weighted by molar-refractivity contribution is -0.143. The Bertz CT molecular complexity index is 937. The van der Waals surface area contributed by atoms with E-state index in [9.17, 15) is 14.4 Å². The second-order valence-corrected chi connectivity index (χ2v) is 11.9. The van der Waals surface area contributed by atoms with Crippen molar-refractivity contribution >= 4 is 29.7 Å². The van der Waals surface area contributed by atoms with Gasteiger partial charge in [0, 0.05) is 18.2 Å². The average molecular weight is 560 g/mol. The number of nitrogens with one attached hydrogen (secondary N) is 2. The molecule has 1 aromatic carbocycles. The van der Waals surface area contributed by atoms with Crippen LogP contribution in [-0.4, -0.2) is 59.0 Å². The Labute approximate surface area is 240 Å². The SMILES string of the molecule is C#Cc1ccc(C(C(=O)NC(C)CCC)N(CCCCCC)C(=O)C(CCSC)NC(=O)OC(C)(C)C)cc1. The molecule has 1 rings (SSSR count). The highest BCUT2D eigenvalue weighted by Crippen LogP contribution is 2.25. The van der Waals surface area contributed by atoms with Crippen LogP contribution in [0.4, 0.5) is 4.79 Å². The average Bonchev–Trinajstić information content (AvgIpc) is 2.87. The van der Waals surface area contributed by atoms with Gasteiger partial charge >= 0.3 is 6.09 Å². The fraction of sp³-hybridized carbons (Fsp3) is 0.645. The molecular weight excluding hydrogens is 510 g/mol. The summed E-state index contributed by atoms with van der Waals surface area (Å²) in [6.45, 7) is 11.9. The largest absolute Gasteiger partial charge is 0.444 e. The van der Waals surface area contributed by atoms with Crippen LogP contribution in [-0.2, 0) is 14.3 Å². The molecule has 0 aliphatic heterocycles. The Hall–Kier alpha value is -2.66. The Morgan fingerprint density at radius 3 is 2.23 bits per heavy atom. The van der Waals surface area contributed by atoms with Gasteiger partial charge in [-0.15, -0.1) is 6.42 Å². The third-order valence-electron chi connectivity index (χ3n) is 6.20. The van der Waals surface area contributed by atoms with Crippen molar-refractivity contribution in [3.63, 3.8) is 0 Å². The predicted octanol–water partition coefficient (Wildman–Crippen LogP) is 6.07. The van der Waals surface area contributed by atoms with Gasteiger partial charge in [0.2, 0.25) is 11.8 Å². The third-order valence-corrected chi connectivity index (χ3v) is 6.84. The lowest BCUT2D eigenvalue weighted by Gasteiger charge is -2.35. The first-order chi connectivity index (χ1) is 18.5. The van der Waals surface area contributed by atoms with Crippen molar-refractivity contribution in [1.29, 1.82) is 0 Å². The van der Waals surface area contributed by atoms with E-state index >= 15 is 0 Å². The maximum absolute atomic E-state index is 14.2. The van der Waals surface area contributed by atoms with E-state index in [1.54, 1.807) is 49.6 Å². The number of terminal acetylenes is 1. The van der Waals surface area contributed by atoms with Crippen LogP contribution in [0.25, 0.3) is 0 Å². The smallest absolute Gasteiger partial charge is 0.408 e. The summed E-state index contributed by atoms with van der Waals surface area (Å²) in [4.78, 5) is 42.4. The molecule has 0 saturated carbocycles. The number of carbonyl (C=O) groups excluding carboxylic acids is 3. The third kappa shape index (κ3) is 12.8. The van der Waals surface area contributed by atoms with Crippen molar-refractivity contribution in [3.8, 4) is 12.3 Å². The van der Waals surface area contributed by atoms with E-state index < -0.39 is 23.8 Å². The Morgan fingerprint density at radius 2 is 1.69 bits per heavy atom. The summed E-state index contributed by atoms with van der Waals surface area (Å²) in [5.41, 5.74) is 0.677. The first kappa shape index (κ1) is 34.4. The Morgan fingerprint density at radius 1 is 1.03 bits per heavy atom. The van der Waals surface area contributed by atoms with Gasteiger partial charge in [0.1, 0.15) is 17.7 Å². The first-order valence-corrected chi connectivity index (χ1v) is 15.5. The van der Waals surface area contributed by atoms with Crippen LogP contribution in [0.1, 0.15) is 104 Å². The van der Waals surface area contributed by atoms with Crippen molar-refractivity contribution in [2.24, 2.45) is 0 Å². The van der Waals surface area contributed by atoms with Gasteiger partial charge in [0.15, 0.2) is 0 Å². The second kappa shape index (κ2) is 17.8. The second-order valence-electron chi connectivity index (χ2n) is 10.9. The number of carbonyl (C=O) groups is 3. The van der Waals surface area contributed by atoms with E-state index in [4.69, 9.17) is 11.2 Å². The van der Waals surface area contributed by atoms with Crippen molar-refractivity contribution < 1.29 is 19.1 Å². The summed E-state index contributed by atoms with van der Waals surface area (Å²) in [6.07, 6.45) is 12.8. The van der Waals surface area contributed by atoms with Gasteiger partial charge in [0.25, 0.3) is 0 Å². The predicted molar refractivity (Wildman–Crippen MR) is 162 cm³/mol. The molecule has 0 aliphatic rings. The molecule has 1 aromatic rings. The normalized spacial score (nSPS) is 13.5. The number of hydrogen-bond donors (Lipinski definition) is 2. The quantitative estimate of drug-likeness (QED) is 0.190. The Balaban J connectivity index is 3.50. The number of amides is 3. The first-order valence-electron chi connectivity index (χ1n) is 14.1. The Kier molecular flexibility index (Phi) is 15.7. The maximum Gasteiger partial charge on any atom is 0.408 e. The van der Waals surface area contributed by atoms with Crippen molar-refractivity contribution in [2.45, 2.75) is 110 Å². The van der Waals surface area contributed by atoms with Crippen LogP contribution in [0.2, 0.25) is 0 Å². The summed E-state index contributed by atoms with van der Waals surface area (Å²) < 4.78 is 5.46. The van der Waals surface area contributed by atoms with E-state index in [0.717, 1.165) is 38.5 Å². The number of nitrogens with zero attached hydrogens (tertiary/aromatic N) is 1. The fourth-order valence-electron chi connectivity index (χ4n) is 4.28. The zero-order chi connectivity index (χ0) is 29.4. The molecule has 39 heavy (non-hydrogen) atoms. The number of unbranched alkanes of at least 4 members (excludes halogenated alkanes) is 3. The zero-order valence-corrected chi connectivity index (χ0v) is 25.8. The van der Waals surface area contributed by atoms with Gasteiger partial charge in [-0.2, -0.15) is 11.8 Å². The number of benzene rings is 1. The molecule has 0 aliphatic carbocycles. The van der Waals surface area contributed by atoms with Crippen molar-refractivity contribution in [1.82, 2.24) is 15.5 Å². The van der Waals surface area contributed by atoms with Gasteiger partial charge < -0.3 is 20.3 Å². The summed E-state index contributed by atoms with van der Waals surface area (Å²) in [6, 6.07) is 5.47. The van der Waals surface area contributed by atoms with Crippen LogP contribution < -0.4 is 10.6 Å². The van der Waals surface area contributed by atoms with Gasteiger partial charge in [-0.1, -0.05) is 57.6 Å². The van der Waals surface area contributed by atoms with Gasteiger partial charge in [-0.05, 0) is 76.7 Å². The highest BCUT2D eigenvalue weighted by atomic mass is 32.2. The van der Waals surface area contributed by atoms with Gasteiger partial charge in [0.05, 0.1) is 0 Å². The molecule has 0 radical (unpaired) electrons. The molecular formula is C31H49N3O4S. The van der Waals surface area contributed by atoms with E-state index in [-0.39, 0.29) is 17.9 Å². The minimum atomic E-state index is -0.859. The molecule has 0 spiro atoms. The highest BCUT2D eigenvalue weighted by molar-refractivity contribution is 7.98. The molecule has 0 aromatic heterocycles. The number of rotatable bonds is 16. The molecule has 0 bridgehead atoms. The topological polar surface area (TPSA) is 87.7 Å². The summed E-state index contributed by atoms with van der Waals surface area (Å²) in [5, 5.41) is 5.90. The van der Waals surface area contributed by atoms with Crippen LogP contribution in [0, 0.1) is 12.3 Å². The van der Waals surface area contributed by atoms with E-state index in [2.05, 4.69) is 30.4 Å². The number of ether oxygens (including phenoxy) is 1. The standard InChI is InChI=1S/C31H49N3O4S/c1-9-12-13-14-21-34(29(36)26(20-22-39-8)33-30(37)38-31(5,6)7)27(28(35)32-23(4)15-10-2)25-18-16-24(11-3)17-19-25/h3,16-19,23,26-27H,9-10,12-15,20-22H2,1-2,4-8H3,(H,32,35)(H,33,37). The van der Waals surface area contributed by atoms with Gasteiger partial charge in [-0.25, -0.2) is 4.79 Å². The van der Waals surface area contributed by atoms with Crippen LogP contribution >= 0.6 is 11.8 Å². The molecule has 218 valence electrons. The summed E-state index contributed by atoms with van der Waals surface area (Å²) >= 11 is 1.59. The monoisotopic (exact) mass is 559 g/mol. The lowest BCUT2D eigenvalue weighted by Crippen LogP contribution is -2.54. The number of hydrogen-bond acceptors (Lipinski definition) is 5. The van der Waals surface area contributed by atoms with E-state index in [1.165, 1.54) is 0 Å². The minimum absolute atomic E-state index is 0.0424. The maximum atomic E-state index is 14.2. The number of alkyl carbamates (subject to hydrolysis) is 1. The fourth-order valence-corrected chi connectivity index (χ4v) is 4.75. The van der Waals surface area contributed by atoms with E-state index in [0.29, 0.717) is 29.8 Å². The van der Waals surface area contributed by atoms with Crippen LogP contribution in [0.3, 0.4) is 0 Å². The molecule has 0 heterocycles. The highest BCUT2D eigenvalue weighted by Gasteiger charge is 2.36. The lowest BCUT2D eigenvalue weighted by atomic mass is 9.99. The molecule has 0 fully saturated rings. The molecule has 3 unspecified atom stereocenters. The van der Waals surface area contributed by atoms with Crippen LogP contribution in [0.5, 0.6) is 0 Å². The molecule has 0 saturated heterocycles. The van der Waals surface area contributed by atoms with Crippen molar-refractivity contribution in [2.75, 3.05) is 18.6 Å². The summed E-state index contributed by atoms with van der Waals surface area (Å²) in [5.74, 6) is 2.73.